The van der Waals surface area contributed by atoms with E-state index in [1.54, 1.807) is 17.2 Å². The SMILES string of the molecule is CC(C)c1cccc2sc(N(Cc3ccccn3)C(=O)c3nc4ccccc4o3)nc12. The van der Waals surface area contributed by atoms with Crippen LogP contribution in [-0.4, -0.2) is 20.9 Å². The third kappa shape index (κ3) is 3.68. The molecule has 3 aromatic heterocycles. The number of thiazole rings is 1. The summed E-state index contributed by atoms with van der Waals surface area (Å²) in [6, 6.07) is 19.1. The molecule has 0 aliphatic heterocycles. The minimum Gasteiger partial charge on any atom is -0.432 e. The largest absolute Gasteiger partial charge is 0.432 e. The molecule has 2 aromatic carbocycles. The van der Waals surface area contributed by atoms with E-state index in [-0.39, 0.29) is 18.3 Å². The number of oxazole rings is 1. The normalized spacial score (nSPS) is 11.5. The fraction of sp³-hybridized carbons (Fsp3) is 0.167. The van der Waals surface area contributed by atoms with E-state index >= 15 is 0 Å². The van der Waals surface area contributed by atoms with Gasteiger partial charge in [0, 0.05) is 6.20 Å². The van der Waals surface area contributed by atoms with Gasteiger partial charge in [0.25, 0.3) is 5.89 Å². The number of hydrogen-bond acceptors (Lipinski definition) is 6. The number of amides is 1. The molecular formula is C24H20N4O2S. The van der Waals surface area contributed by atoms with Crippen LogP contribution in [0.1, 0.15) is 41.7 Å². The number of rotatable bonds is 5. The van der Waals surface area contributed by atoms with Crippen molar-refractivity contribution >= 4 is 43.7 Å². The van der Waals surface area contributed by atoms with Crippen molar-refractivity contribution in [2.75, 3.05) is 4.90 Å². The summed E-state index contributed by atoms with van der Waals surface area (Å²) < 4.78 is 6.80. The first-order chi connectivity index (χ1) is 15.1. The number of aromatic nitrogens is 3. The van der Waals surface area contributed by atoms with E-state index in [0.717, 1.165) is 21.5 Å². The second kappa shape index (κ2) is 7.92. The van der Waals surface area contributed by atoms with Crippen molar-refractivity contribution in [2.45, 2.75) is 26.3 Å². The molecule has 5 aromatic rings. The van der Waals surface area contributed by atoms with Gasteiger partial charge in [0.05, 0.1) is 22.5 Å². The number of para-hydroxylation sites is 3. The number of benzene rings is 2. The summed E-state index contributed by atoms with van der Waals surface area (Å²) >= 11 is 1.48. The molecule has 0 atom stereocenters. The Kier molecular flexibility index (Phi) is 4.95. The Balaban J connectivity index is 1.61. The highest BCUT2D eigenvalue weighted by molar-refractivity contribution is 7.22. The molecule has 0 saturated heterocycles. The Morgan fingerprint density at radius 3 is 2.65 bits per heavy atom. The fourth-order valence-corrected chi connectivity index (χ4v) is 4.50. The zero-order valence-electron chi connectivity index (χ0n) is 17.1. The smallest absolute Gasteiger partial charge is 0.316 e. The molecule has 5 rings (SSSR count). The molecule has 3 heterocycles. The highest BCUT2D eigenvalue weighted by atomic mass is 32.1. The summed E-state index contributed by atoms with van der Waals surface area (Å²) in [6.07, 6.45) is 1.71. The Morgan fingerprint density at radius 1 is 1.03 bits per heavy atom. The van der Waals surface area contributed by atoms with Crippen molar-refractivity contribution in [2.24, 2.45) is 0 Å². The molecule has 154 valence electrons. The molecule has 0 aliphatic carbocycles. The second-order valence-corrected chi connectivity index (χ2v) is 8.55. The van der Waals surface area contributed by atoms with Crippen LogP contribution >= 0.6 is 11.3 Å². The highest BCUT2D eigenvalue weighted by Crippen LogP contribution is 2.34. The maximum Gasteiger partial charge on any atom is 0.316 e. The van der Waals surface area contributed by atoms with Crippen LogP contribution in [0.4, 0.5) is 5.13 Å². The monoisotopic (exact) mass is 428 g/mol. The number of hydrogen-bond donors (Lipinski definition) is 0. The summed E-state index contributed by atoms with van der Waals surface area (Å²) in [5.41, 5.74) is 4.07. The van der Waals surface area contributed by atoms with Gasteiger partial charge in [-0.1, -0.05) is 55.5 Å². The summed E-state index contributed by atoms with van der Waals surface area (Å²) in [7, 11) is 0. The van der Waals surface area contributed by atoms with Gasteiger partial charge in [-0.05, 0) is 41.8 Å². The van der Waals surface area contributed by atoms with Gasteiger partial charge >= 0.3 is 5.91 Å². The van der Waals surface area contributed by atoms with Crippen molar-refractivity contribution in [1.82, 2.24) is 15.0 Å². The Morgan fingerprint density at radius 2 is 1.87 bits per heavy atom. The van der Waals surface area contributed by atoms with E-state index in [2.05, 4.69) is 29.9 Å². The van der Waals surface area contributed by atoms with E-state index in [1.807, 2.05) is 48.5 Å². The first-order valence-corrected chi connectivity index (χ1v) is 10.9. The standard InChI is InChI=1S/C24H20N4O2S/c1-15(2)17-9-7-12-20-21(17)27-24(31-20)28(14-16-8-5-6-13-25-16)23(29)22-26-18-10-3-4-11-19(18)30-22/h3-13,15H,14H2,1-2H3. The van der Waals surface area contributed by atoms with Gasteiger partial charge in [0.2, 0.25) is 0 Å². The van der Waals surface area contributed by atoms with Crippen molar-refractivity contribution in [3.63, 3.8) is 0 Å². The Labute approximate surface area is 183 Å². The molecule has 31 heavy (non-hydrogen) atoms. The molecule has 0 aliphatic rings. The highest BCUT2D eigenvalue weighted by Gasteiger charge is 2.27. The number of carbonyl (C=O) groups excluding carboxylic acids is 1. The summed E-state index contributed by atoms with van der Waals surface area (Å²) in [6.45, 7) is 4.56. The van der Waals surface area contributed by atoms with Crippen LogP contribution in [0, 0.1) is 0 Å². The van der Waals surface area contributed by atoms with Crippen molar-refractivity contribution in [3.8, 4) is 0 Å². The Bertz CT molecular complexity index is 1340. The van der Waals surface area contributed by atoms with Crippen molar-refractivity contribution in [1.29, 1.82) is 0 Å². The first-order valence-electron chi connectivity index (χ1n) is 10.1. The number of anilines is 1. The third-order valence-electron chi connectivity index (χ3n) is 5.06. The minimum atomic E-state index is -0.341. The lowest BCUT2D eigenvalue weighted by Crippen LogP contribution is -2.31. The quantitative estimate of drug-likeness (QED) is 0.354. The van der Waals surface area contributed by atoms with Gasteiger partial charge in [0.15, 0.2) is 10.7 Å². The molecule has 0 N–H and O–H groups in total. The van der Waals surface area contributed by atoms with E-state index in [1.165, 1.54) is 11.3 Å². The molecule has 0 bridgehead atoms. The maximum atomic E-state index is 13.5. The van der Waals surface area contributed by atoms with Gasteiger partial charge in [0.1, 0.15) is 5.52 Å². The zero-order valence-corrected chi connectivity index (χ0v) is 18.0. The molecule has 0 saturated carbocycles. The van der Waals surface area contributed by atoms with Crippen LogP contribution in [0.5, 0.6) is 0 Å². The average Bonchev–Trinajstić information content (AvgIpc) is 3.41. The van der Waals surface area contributed by atoms with E-state index in [0.29, 0.717) is 22.1 Å². The number of nitrogens with zero attached hydrogens (tertiary/aromatic N) is 4. The maximum absolute atomic E-state index is 13.5. The van der Waals surface area contributed by atoms with Crippen LogP contribution in [0.3, 0.4) is 0 Å². The van der Waals surface area contributed by atoms with Crippen molar-refractivity contribution in [3.05, 3.63) is 84.0 Å². The Hall–Kier alpha value is -3.58. The molecule has 1 amide bonds. The van der Waals surface area contributed by atoms with Gasteiger partial charge in [-0.15, -0.1) is 0 Å². The molecule has 0 radical (unpaired) electrons. The lowest BCUT2D eigenvalue weighted by Gasteiger charge is -2.17. The second-order valence-electron chi connectivity index (χ2n) is 7.54. The number of carbonyl (C=O) groups is 1. The molecule has 0 fully saturated rings. The minimum absolute atomic E-state index is 0.0421. The van der Waals surface area contributed by atoms with Gasteiger partial charge in [-0.2, -0.15) is 0 Å². The molecule has 6 nitrogen and oxygen atoms in total. The third-order valence-corrected chi connectivity index (χ3v) is 6.10. The topological polar surface area (TPSA) is 72.1 Å². The van der Waals surface area contributed by atoms with E-state index < -0.39 is 0 Å². The zero-order chi connectivity index (χ0) is 21.4. The van der Waals surface area contributed by atoms with E-state index in [4.69, 9.17) is 9.40 Å². The van der Waals surface area contributed by atoms with Gasteiger partial charge in [-0.3, -0.25) is 14.7 Å². The summed E-state index contributed by atoms with van der Waals surface area (Å²) in [5.74, 6) is 0.0307. The van der Waals surface area contributed by atoms with Gasteiger partial charge in [-0.25, -0.2) is 9.97 Å². The molecule has 0 spiro atoms. The van der Waals surface area contributed by atoms with Crippen LogP contribution < -0.4 is 4.90 Å². The first kappa shape index (κ1) is 19.4. The molecule has 0 unspecified atom stereocenters. The lowest BCUT2D eigenvalue weighted by atomic mass is 10.0. The van der Waals surface area contributed by atoms with Crippen LogP contribution in [0.15, 0.2) is 71.3 Å². The fourth-order valence-electron chi connectivity index (χ4n) is 3.50. The van der Waals surface area contributed by atoms with Crippen LogP contribution in [0.2, 0.25) is 0 Å². The summed E-state index contributed by atoms with van der Waals surface area (Å²) in [4.78, 5) is 28.8. The predicted octanol–water partition coefficient (Wildman–Crippen LogP) is 5.80. The average molecular weight is 429 g/mol. The van der Waals surface area contributed by atoms with E-state index in [9.17, 15) is 4.79 Å². The number of fused-ring (bicyclic) bond motifs is 2. The summed E-state index contributed by atoms with van der Waals surface area (Å²) in [5, 5.41) is 0.598. The number of pyridine rings is 1. The predicted molar refractivity (Wildman–Crippen MR) is 122 cm³/mol. The van der Waals surface area contributed by atoms with Crippen molar-refractivity contribution < 1.29 is 9.21 Å². The van der Waals surface area contributed by atoms with Gasteiger partial charge < -0.3 is 4.42 Å². The molecule has 7 heteroatoms. The van der Waals surface area contributed by atoms with Crippen LogP contribution in [-0.2, 0) is 6.54 Å². The van der Waals surface area contributed by atoms with Crippen LogP contribution in [0.25, 0.3) is 21.3 Å². The molecular weight excluding hydrogens is 408 g/mol. The lowest BCUT2D eigenvalue weighted by molar-refractivity contribution is 0.0953.